The Balaban J connectivity index is 1.66. The van der Waals surface area contributed by atoms with Gasteiger partial charge in [-0.05, 0) is 49.2 Å². The topological polar surface area (TPSA) is 20.3 Å². The van der Waals surface area contributed by atoms with Gasteiger partial charge in [0.25, 0.3) is 0 Å². The largest absolute Gasteiger partial charge is 0.307 e. The van der Waals surface area contributed by atoms with E-state index in [1.165, 1.54) is 11.6 Å². The maximum atomic E-state index is 14.4. The van der Waals surface area contributed by atoms with Crippen LogP contribution in [0, 0.1) is 5.82 Å². The summed E-state index contributed by atoms with van der Waals surface area (Å²) in [5, 5.41) is 0.332. The van der Waals surface area contributed by atoms with E-state index in [2.05, 4.69) is 18.2 Å². The van der Waals surface area contributed by atoms with Crippen molar-refractivity contribution in [2.75, 3.05) is 4.90 Å². The number of carbonyl (C=O) groups excluding carboxylic acids is 1. The van der Waals surface area contributed by atoms with Gasteiger partial charge >= 0.3 is 0 Å². The number of halogens is 2. The van der Waals surface area contributed by atoms with Crippen LogP contribution in [0.3, 0.4) is 0 Å². The molecular formula is C24H21ClFNOS. The predicted molar refractivity (Wildman–Crippen MR) is 118 cm³/mol. The van der Waals surface area contributed by atoms with Gasteiger partial charge in [-0.15, -0.1) is 11.8 Å². The van der Waals surface area contributed by atoms with Crippen LogP contribution in [-0.2, 0) is 22.5 Å². The van der Waals surface area contributed by atoms with Crippen molar-refractivity contribution in [1.82, 2.24) is 0 Å². The molecule has 0 spiro atoms. The van der Waals surface area contributed by atoms with Crippen molar-refractivity contribution in [1.29, 1.82) is 0 Å². The Kier molecular flexibility index (Phi) is 5.41. The minimum atomic E-state index is -0.657. The van der Waals surface area contributed by atoms with Crippen molar-refractivity contribution in [3.63, 3.8) is 0 Å². The van der Waals surface area contributed by atoms with Crippen molar-refractivity contribution in [3.8, 4) is 0 Å². The Morgan fingerprint density at radius 3 is 2.52 bits per heavy atom. The lowest BCUT2D eigenvalue weighted by molar-refractivity contribution is -0.122. The smallest absolute Gasteiger partial charge is 0.237 e. The highest BCUT2D eigenvalue weighted by Gasteiger charge is 2.44. The highest BCUT2D eigenvalue weighted by Crippen LogP contribution is 2.44. The molecule has 0 fully saturated rings. The van der Waals surface area contributed by atoms with Gasteiger partial charge in [0.1, 0.15) is 5.82 Å². The molecule has 4 rings (SSSR count). The predicted octanol–water partition coefficient (Wildman–Crippen LogP) is 6.60. The van der Waals surface area contributed by atoms with E-state index in [9.17, 15) is 9.18 Å². The molecule has 0 N–H and O–H groups in total. The van der Waals surface area contributed by atoms with Crippen molar-refractivity contribution in [3.05, 3.63) is 94.3 Å². The minimum absolute atomic E-state index is 0.0444. The van der Waals surface area contributed by atoms with E-state index in [1.807, 2.05) is 44.2 Å². The van der Waals surface area contributed by atoms with Crippen LogP contribution in [0.5, 0.6) is 0 Å². The molecule has 0 unspecified atom stereocenters. The van der Waals surface area contributed by atoms with Crippen molar-refractivity contribution >= 4 is 35.0 Å². The summed E-state index contributed by atoms with van der Waals surface area (Å²) in [6, 6.07) is 21.0. The van der Waals surface area contributed by atoms with Crippen molar-refractivity contribution < 1.29 is 9.18 Å². The number of fused-ring (bicyclic) bond motifs is 1. The molecule has 3 aromatic carbocycles. The maximum Gasteiger partial charge on any atom is 0.237 e. The molecule has 0 aromatic heterocycles. The number of carbonyl (C=O) groups is 1. The molecule has 1 aliphatic rings. The average molecular weight is 426 g/mol. The third-order valence-electron chi connectivity index (χ3n) is 5.34. The number of nitrogens with zero attached hydrogens (tertiary/aromatic N) is 1. The van der Waals surface area contributed by atoms with Crippen LogP contribution in [0.2, 0.25) is 5.02 Å². The van der Waals surface area contributed by atoms with Crippen LogP contribution >= 0.6 is 23.4 Å². The molecule has 0 radical (unpaired) electrons. The first-order valence-corrected chi connectivity index (χ1v) is 10.8. The van der Waals surface area contributed by atoms with E-state index in [4.69, 9.17) is 11.6 Å². The summed E-state index contributed by atoms with van der Waals surface area (Å²) in [5.41, 5.74) is 2.71. The van der Waals surface area contributed by atoms with Gasteiger partial charge in [-0.2, -0.15) is 0 Å². The van der Waals surface area contributed by atoms with Crippen molar-refractivity contribution in [2.45, 2.75) is 36.5 Å². The summed E-state index contributed by atoms with van der Waals surface area (Å²) in [6.07, 6.45) is 0. The summed E-state index contributed by atoms with van der Waals surface area (Å²) in [5.74, 6) is 0.402. The molecule has 1 heterocycles. The zero-order chi connectivity index (χ0) is 20.6. The number of amides is 1. The van der Waals surface area contributed by atoms with Gasteiger partial charge in [-0.3, -0.25) is 4.79 Å². The van der Waals surface area contributed by atoms with Gasteiger partial charge < -0.3 is 4.90 Å². The van der Waals surface area contributed by atoms with E-state index >= 15 is 0 Å². The molecule has 0 saturated heterocycles. The fourth-order valence-corrected chi connectivity index (χ4v) is 4.76. The zero-order valence-corrected chi connectivity index (χ0v) is 17.9. The Bertz CT molecular complexity index is 1050. The van der Waals surface area contributed by atoms with Crippen LogP contribution < -0.4 is 4.90 Å². The highest BCUT2D eigenvalue weighted by molar-refractivity contribution is 7.98. The first-order valence-electron chi connectivity index (χ1n) is 9.44. The van der Waals surface area contributed by atoms with Gasteiger partial charge in [0.15, 0.2) is 0 Å². The van der Waals surface area contributed by atoms with E-state index in [1.54, 1.807) is 28.8 Å². The third kappa shape index (κ3) is 3.79. The maximum absolute atomic E-state index is 14.4. The second-order valence-electron chi connectivity index (χ2n) is 7.67. The number of hydrogen-bond donors (Lipinski definition) is 0. The highest BCUT2D eigenvalue weighted by atomic mass is 35.5. The Labute approximate surface area is 179 Å². The van der Waals surface area contributed by atoms with Gasteiger partial charge in [-0.25, -0.2) is 4.39 Å². The quantitative estimate of drug-likeness (QED) is 0.429. The van der Waals surface area contributed by atoms with Crippen LogP contribution in [0.4, 0.5) is 10.1 Å². The molecular weight excluding hydrogens is 405 g/mol. The molecule has 0 saturated carbocycles. The van der Waals surface area contributed by atoms with Crippen LogP contribution in [0.25, 0.3) is 0 Å². The summed E-state index contributed by atoms with van der Waals surface area (Å²) in [6.45, 7) is 3.94. The molecule has 2 nitrogen and oxygen atoms in total. The number of hydrogen-bond acceptors (Lipinski definition) is 2. The number of rotatable bonds is 5. The van der Waals surface area contributed by atoms with Crippen LogP contribution in [-0.4, -0.2) is 5.91 Å². The molecule has 148 valence electrons. The number of anilines is 1. The van der Waals surface area contributed by atoms with Gasteiger partial charge in [0, 0.05) is 26.9 Å². The van der Waals surface area contributed by atoms with Gasteiger partial charge in [-0.1, -0.05) is 54.1 Å². The fourth-order valence-electron chi connectivity index (χ4n) is 3.65. The molecule has 29 heavy (non-hydrogen) atoms. The van der Waals surface area contributed by atoms with E-state index < -0.39 is 11.2 Å². The lowest BCUT2D eigenvalue weighted by atomic mass is 9.86. The standard InChI is InChI=1S/C24H21ClFNOS/c1-24(2)19-12-11-17(29-15-16-7-4-3-5-8-16)13-22(19)27(23(24)28)14-18-20(25)9-6-10-21(18)26/h3-13H,14-15H2,1-2H3. The van der Waals surface area contributed by atoms with Crippen LogP contribution in [0.1, 0.15) is 30.5 Å². The Hall–Kier alpha value is -2.30. The molecule has 0 bridgehead atoms. The average Bonchev–Trinajstić information content (AvgIpc) is 2.90. The van der Waals surface area contributed by atoms with Crippen LogP contribution in [0.15, 0.2) is 71.6 Å². The first kappa shape index (κ1) is 20.0. The molecule has 1 amide bonds. The summed E-state index contributed by atoms with van der Waals surface area (Å²) in [7, 11) is 0. The minimum Gasteiger partial charge on any atom is -0.307 e. The SMILES string of the molecule is CC1(C)C(=O)N(Cc2c(F)cccc2Cl)c2cc(SCc3ccccc3)ccc21. The van der Waals surface area contributed by atoms with Gasteiger partial charge in [0.05, 0.1) is 12.0 Å². The summed E-state index contributed by atoms with van der Waals surface area (Å²) in [4.78, 5) is 15.9. The normalized spacial score (nSPS) is 14.9. The second kappa shape index (κ2) is 7.85. The molecule has 1 aliphatic heterocycles. The molecule has 0 atom stereocenters. The van der Waals surface area contributed by atoms with E-state index in [0.29, 0.717) is 10.6 Å². The van der Waals surface area contributed by atoms with E-state index in [-0.39, 0.29) is 12.5 Å². The van der Waals surface area contributed by atoms with Gasteiger partial charge in [0.2, 0.25) is 5.91 Å². The fraction of sp³-hybridized carbons (Fsp3) is 0.208. The van der Waals surface area contributed by atoms with Crippen molar-refractivity contribution in [2.24, 2.45) is 0 Å². The number of thioether (sulfide) groups is 1. The molecule has 5 heteroatoms. The molecule has 0 aliphatic carbocycles. The number of benzene rings is 3. The second-order valence-corrected chi connectivity index (χ2v) is 9.13. The first-order chi connectivity index (χ1) is 13.9. The lowest BCUT2D eigenvalue weighted by Crippen LogP contribution is -2.36. The van der Waals surface area contributed by atoms with E-state index in [0.717, 1.165) is 21.9 Å². The lowest BCUT2D eigenvalue weighted by Gasteiger charge is -2.21. The summed E-state index contributed by atoms with van der Waals surface area (Å²) < 4.78 is 14.4. The third-order valence-corrected chi connectivity index (χ3v) is 6.76. The Morgan fingerprint density at radius 2 is 1.79 bits per heavy atom. The summed E-state index contributed by atoms with van der Waals surface area (Å²) >= 11 is 7.94. The molecule has 3 aromatic rings. The zero-order valence-electron chi connectivity index (χ0n) is 16.3. The Morgan fingerprint density at radius 1 is 1.03 bits per heavy atom. The monoisotopic (exact) mass is 425 g/mol.